The molecule has 0 radical (unpaired) electrons. The van der Waals surface area contributed by atoms with Crippen molar-refractivity contribution in [1.82, 2.24) is 0 Å². The van der Waals surface area contributed by atoms with Crippen molar-refractivity contribution in [3.8, 4) is 0 Å². The van der Waals surface area contributed by atoms with Gasteiger partial charge in [0.15, 0.2) is 18.0 Å². The molecule has 0 spiro atoms. The summed E-state index contributed by atoms with van der Waals surface area (Å²) < 4.78 is 6.09. The van der Waals surface area contributed by atoms with Crippen molar-refractivity contribution in [2.75, 3.05) is 6.54 Å². The molecule has 0 aromatic rings. The minimum Gasteiger partial charge on any atom is -0.460 e. The number of carbonyl (C=O) groups is 1. The molecule has 244 valence electrons. The third kappa shape index (κ3) is 7.70. The summed E-state index contributed by atoms with van der Waals surface area (Å²) in [5, 5.41) is 0. The molecule has 4 rings (SSSR count). The van der Waals surface area contributed by atoms with Crippen LogP contribution in [0.15, 0.2) is 21.6 Å². The first kappa shape index (κ1) is 33.6. The smallest absolute Gasteiger partial charge is 0.331 e. The molecule has 4 aliphatic rings. The van der Waals surface area contributed by atoms with Gasteiger partial charge in [-0.25, -0.2) is 9.79 Å². The topological polar surface area (TPSA) is 155 Å². The Morgan fingerprint density at radius 1 is 0.930 bits per heavy atom. The average molecular weight is 599 g/mol. The molecule has 9 unspecified atom stereocenters. The van der Waals surface area contributed by atoms with Gasteiger partial charge in [0, 0.05) is 13.0 Å². The Hall–Kier alpha value is -2.25. The van der Waals surface area contributed by atoms with Crippen LogP contribution in [0, 0.1) is 46.3 Å². The maximum Gasteiger partial charge on any atom is 0.331 e. The van der Waals surface area contributed by atoms with E-state index in [-0.39, 0.29) is 29.4 Å². The Kier molecular flexibility index (Phi) is 11.1. The van der Waals surface area contributed by atoms with Gasteiger partial charge in [0.2, 0.25) is 0 Å². The highest BCUT2D eigenvalue weighted by Crippen LogP contribution is 2.67. The van der Waals surface area contributed by atoms with Crippen LogP contribution in [0.5, 0.6) is 0 Å². The molecule has 0 saturated heterocycles. The molecule has 0 heterocycles. The van der Waals surface area contributed by atoms with Crippen molar-refractivity contribution in [2.45, 2.75) is 137 Å². The number of nitrogens with zero attached hydrogens (tertiary/aromatic N) is 2. The van der Waals surface area contributed by atoms with Crippen molar-refractivity contribution in [2.24, 2.45) is 79.3 Å². The molecular formula is C35H62N6O2. The van der Waals surface area contributed by atoms with E-state index in [9.17, 15) is 4.79 Å². The first-order valence-electron chi connectivity index (χ1n) is 17.4. The van der Waals surface area contributed by atoms with Gasteiger partial charge in [0.05, 0.1) is 0 Å². The molecule has 0 amide bonds. The molecule has 9 atom stereocenters. The largest absolute Gasteiger partial charge is 0.460 e. The molecule has 3 fully saturated rings. The second-order valence-corrected chi connectivity index (χ2v) is 15.5. The Labute approximate surface area is 261 Å². The number of rotatable bonds is 13. The van der Waals surface area contributed by atoms with E-state index in [1.54, 1.807) is 0 Å². The van der Waals surface area contributed by atoms with E-state index < -0.39 is 6.04 Å². The van der Waals surface area contributed by atoms with E-state index in [0.717, 1.165) is 67.6 Å². The molecule has 0 aliphatic heterocycles. The quantitative estimate of drug-likeness (QED) is 0.0667. The second-order valence-electron chi connectivity index (χ2n) is 15.5. The molecule has 4 aliphatic carbocycles. The van der Waals surface area contributed by atoms with E-state index in [1.807, 2.05) is 0 Å². The van der Waals surface area contributed by atoms with Gasteiger partial charge in [0.1, 0.15) is 6.10 Å². The highest BCUT2D eigenvalue weighted by atomic mass is 16.5. The fraction of sp³-hybridized carbons (Fsp3) is 0.857. The molecule has 0 aromatic carbocycles. The number of guanidine groups is 2. The number of hydrogen-bond donors (Lipinski definition) is 4. The third-order valence-corrected chi connectivity index (χ3v) is 12.3. The van der Waals surface area contributed by atoms with E-state index >= 15 is 0 Å². The molecular weight excluding hydrogens is 536 g/mol. The fourth-order valence-electron chi connectivity index (χ4n) is 10.1. The summed E-state index contributed by atoms with van der Waals surface area (Å²) in [4.78, 5) is 21.4. The van der Waals surface area contributed by atoms with Crippen LogP contribution in [0.25, 0.3) is 0 Å². The maximum absolute atomic E-state index is 13.2. The molecule has 0 bridgehead atoms. The number of hydrogen-bond acceptors (Lipinski definition) is 4. The van der Waals surface area contributed by atoms with Crippen LogP contribution in [-0.4, -0.2) is 36.6 Å². The van der Waals surface area contributed by atoms with Gasteiger partial charge in [-0.3, -0.25) is 4.99 Å². The number of fused-ring (bicyclic) bond motifs is 5. The standard InChI is InChI=1S/C35H62N6O2/c1-22(2)9-8-10-23(3)27-14-15-28-26-13-12-24-21-25(16-18-34(24,4)29(26)17-19-35(27,28)5)43-31(42)30(41-33(38)39)11-6-7-20-40-32(36)37/h12,22-23,25-30H,6-11,13-21H2,1-5H3,(H4,36,37,40)(H4,38,39,41). The van der Waals surface area contributed by atoms with E-state index in [1.165, 1.54) is 56.9 Å². The number of allylic oxidation sites excluding steroid dienone is 1. The van der Waals surface area contributed by atoms with Gasteiger partial charge in [-0.1, -0.05) is 65.5 Å². The summed E-state index contributed by atoms with van der Waals surface area (Å²) in [6, 6.07) is -0.693. The van der Waals surface area contributed by atoms with Gasteiger partial charge in [0.25, 0.3) is 0 Å². The number of unbranched alkanes of at least 4 members (excludes halogenated alkanes) is 1. The van der Waals surface area contributed by atoms with Gasteiger partial charge in [-0.2, -0.15) is 0 Å². The zero-order valence-electron chi connectivity index (χ0n) is 27.8. The van der Waals surface area contributed by atoms with Crippen molar-refractivity contribution in [3.63, 3.8) is 0 Å². The predicted molar refractivity (Wildman–Crippen MR) is 177 cm³/mol. The van der Waals surface area contributed by atoms with E-state index in [0.29, 0.717) is 18.4 Å². The summed E-state index contributed by atoms with van der Waals surface area (Å²) in [6.45, 7) is 13.0. The lowest BCUT2D eigenvalue weighted by Gasteiger charge is -2.58. The summed E-state index contributed by atoms with van der Waals surface area (Å²) in [5.74, 6) is 4.57. The normalized spacial score (nSPS) is 34.7. The summed E-state index contributed by atoms with van der Waals surface area (Å²) in [5.41, 5.74) is 24.4. The number of aliphatic imine (C=N–C) groups is 2. The van der Waals surface area contributed by atoms with E-state index in [4.69, 9.17) is 27.7 Å². The minimum atomic E-state index is -0.693. The van der Waals surface area contributed by atoms with Gasteiger partial charge in [-0.05, 0) is 111 Å². The van der Waals surface area contributed by atoms with Crippen molar-refractivity contribution < 1.29 is 9.53 Å². The molecule has 8 nitrogen and oxygen atoms in total. The average Bonchev–Trinajstić information content (AvgIpc) is 3.29. The van der Waals surface area contributed by atoms with Gasteiger partial charge < -0.3 is 27.7 Å². The highest BCUT2D eigenvalue weighted by Gasteiger charge is 2.59. The molecule has 3 saturated carbocycles. The minimum absolute atomic E-state index is 0.0737. The lowest BCUT2D eigenvalue weighted by atomic mass is 9.47. The van der Waals surface area contributed by atoms with Crippen molar-refractivity contribution in [3.05, 3.63) is 11.6 Å². The summed E-state index contributed by atoms with van der Waals surface area (Å²) >= 11 is 0. The van der Waals surface area contributed by atoms with Crippen molar-refractivity contribution in [1.29, 1.82) is 0 Å². The number of ether oxygens (including phenoxy) is 1. The van der Waals surface area contributed by atoms with Crippen LogP contribution < -0.4 is 22.9 Å². The Balaban J connectivity index is 1.37. The van der Waals surface area contributed by atoms with Crippen LogP contribution in [0.4, 0.5) is 0 Å². The zero-order valence-corrected chi connectivity index (χ0v) is 27.8. The van der Waals surface area contributed by atoms with Gasteiger partial charge in [-0.15, -0.1) is 0 Å². The van der Waals surface area contributed by atoms with Crippen LogP contribution in [0.1, 0.15) is 125 Å². The third-order valence-electron chi connectivity index (χ3n) is 12.3. The first-order chi connectivity index (χ1) is 20.3. The molecule has 8 heteroatoms. The Morgan fingerprint density at radius 2 is 1.70 bits per heavy atom. The van der Waals surface area contributed by atoms with Crippen LogP contribution in [0.2, 0.25) is 0 Å². The molecule has 8 N–H and O–H groups in total. The fourth-order valence-corrected chi connectivity index (χ4v) is 10.1. The molecule has 0 aromatic heterocycles. The summed E-state index contributed by atoms with van der Waals surface area (Å²) in [7, 11) is 0. The Morgan fingerprint density at radius 3 is 2.40 bits per heavy atom. The lowest BCUT2D eigenvalue weighted by molar-refractivity contribution is -0.153. The number of esters is 1. The number of nitrogens with two attached hydrogens (primary N) is 4. The van der Waals surface area contributed by atoms with Crippen molar-refractivity contribution >= 4 is 17.9 Å². The first-order valence-corrected chi connectivity index (χ1v) is 17.4. The molecule has 43 heavy (non-hydrogen) atoms. The predicted octanol–water partition coefficient (Wildman–Crippen LogP) is 6.03. The van der Waals surface area contributed by atoms with Crippen LogP contribution >= 0.6 is 0 Å². The second kappa shape index (κ2) is 14.2. The zero-order chi connectivity index (χ0) is 31.4. The lowest BCUT2D eigenvalue weighted by Crippen LogP contribution is -2.51. The van der Waals surface area contributed by atoms with E-state index in [2.05, 4.69) is 50.7 Å². The monoisotopic (exact) mass is 598 g/mol. The van der Waals surface area contributed by atoms with Crippen LogP contribution in [0.3, 0.4) is 0 Å². The SMILES string of the molecule is CC(C)CCCC(C)C1CCC2C3CC=C4CC(OC(=O)C(CCCCN=C(N)N)N=C(N)N)CCC4(C)C3CCC12C. The maximum atomic E-state index is 13.2. The van der Waals surface area contributed by atoms with Crippen LogP contribution in [-0.2, 0) is 9.53 Å². The highest BCUT2D eigenvalue weighted by molar-refractivity contribution is 5.82. The Bertz CT molecular complexity index is 1050. The summed E-state index contributed by atoms with van der Waals surface area (Å²) in [6.07, 6.45) is 18.1. The van der Waals surface area contributed by atoms with Gasteiger partial charge >= 0.3 is 5.97 Å². The number of carbonyl (C=O) groups excluding carboxylic acids is 1.